The van der Waals surface area contributed by atoms with Crippen LogP contribution in [0.15, 0.2) is 24.4 Å². The monoisotopic (exact) mass is 354 g/mol. The van der Waals surface area contributed by atoms with E-state index in [0.717, 1.165) is 0 Å². The molecule has 24 heavy (non-hydrogen) atoms. The van der Waals surface area contributed by atoms with Crippen LogP contribution in [0.1, 0.15) is 26.6 Å². The van der Waals surface area contributed by atoms with Crippen LogP contribution in [0.5, 0.6) is 0 Å². The first-order valence-electron chi connectivity index (χ1n) is 7.35. The molecule has 2 rings (SSSR count). The summed E-state index contributed by atoms with van der Waals surface area (Å²) in [4.78, 5) is 16.1. The van der Waals surface area contributed by atoms with Crippen LogP contribution in [-0.2, 0) is 18.3 Å². The molecule has 0 aliphatic rings. The lowest BCUT2D eigenvalue weighted by Gasteiger charge is -2.20. The maximum atomic E-state index is 13.5. The van der Waals surface area contributed by atoms with E-state index in [1.807, 2.05) is 0 Å². The Labute approximate surface area is 145 Å². The Morgan fingerprint density at radius 2 is 2.08 bits per heavy atom. The van der Waals surface area contributed by atoms with Crippen LogP contribution < -0.4 is 10.6 Å². The summed E-state index contributed by atoms with van der Waals surface area (Å²) in [6.45, 7) is 5.61. The third-order valence-corrected chi connectivity index (χ3v) is 3.43. The Kier molecular flexibility index (Phi) is 5.33. The van der Waals surface area contributed by atoms with Gasteiger partial charge in [-0.1, -0.05) is 11.6 Å². The van der Waals surface area contributed by atoms with Gasteiger partial charge in [-0.3, -0.25) is 5.32 Å². The first kappa shape index (κ1) is 18.1. The summed E-state index contributed by atoms with van der Waals surface area (Å²) in [5, 5.41) is 6.15. The smallest absolute Gasteiger partial charge is 0.412 e. The topological polar surface area (TPSA) is 68.2 Å². The minimum Gasteiger partial charge on any atom is -0.444 e. The molecule has 0 saturated carbocycles. The molecule has 0 radical (unpaired) electrons. The van der Waals surface area contributed by atoms with Gasteiger partial charge in [-0.15, -0.1) is 0 Å². The molecule has 0 unspecified atom stereocenters. The van der Waals surface area contributed by atoms with E-state index in [2.05, 4.69) is 15.6 Å². The molecule has 0 atom stereocenters. The lowest BCUT2D eigenvalue weighted by molar-refractivity contribution is 0.0636. The second kappa shape index (κ2) is 7.09. The van der Waals surface area contributed by atoms with E-state index in [1.54, 1.807) is 32.4 Å². The molecule has 130 valence electrons. The highest BCUT2D eigenvalue weighted by molar-refractivity contribution is 6.29. The van der Waals surface area contributed by atoms with Gasteiger partial charge in [0.15, 0.2) is 0 Å². The van der Waals surface area contributed by atoms with Gasteiger partial charge in [0, 0.05) is 7.05 Å². The van der Waals surface area contributed by atoms with E-state index in [-0.39, 0.29) is 0 Å². The number of benzene rings is 1. The SMILES string of the molecule is Cn1c(Cl)cnc1CNc1cc(F)ccc1NC(=O)OC(C)(C)C. The number of imidazole rings is 1. The standard InChI is InChI=1S/C16H20ClFN4O2/c1-16(2,3)24-15(23)21-11-6-5-10(18)7-12(11)19-9-14-20-8-13(17)22(14)4/h5-8,19H,9H2,1-4H3,(H,21,23). The van der Waals surface area contributed by atoms with Crippen molar-refractivity contribution < 1.29 is 13.9 Å². The van der Waals surface area contributed by atoms with Crippen molar-refractivity contribution in [3.63, 3.8) is 0 Å². The number of nitrogens with zero attached hydrogens (tertiary/aromatic N) is 2. The highest BCUT2D eigenvalue weighted by atomic mass is 35.5. The first-order valence-corrected chi connectivity index (χ1v) is 7.73. The zero-order valence-electron chi connectivity index (χ0n) is 14.0. The largest absolute Gasteiger partial charge is 0.444 e. The highest BCUT2D eigenvalue weighted by Crippen LogP contribution is 2.24. The van der Waals surface area contributed by atoms with E-state index in [4.69, 9.17) is 16.3 Å². The maximum Gasteiger partial charge on any atom is 0.412 e. The van der Waals surface area contributed by atoms with Crippen molar-refractivity contribution in [2.24, 2.45) is 7.05 Å². The van der Waals surface area contributed by atoms with Crippen molar-refractivity contribution in [2.75, 3.05) is 10.6 Å². The molecule has 2 aromatic rings. The summed E-state index contributed by atoms with van der Waals surface area (Å²) in [6, 6.07) is 4.01. The second-order valence-electron chi connectivity index (χ2n) is 6.23. The fourth-order valence-corrected chi connectivity index (χ4v) is 2.09. The van der Waals surface area contributed by atoms with Gasteiger partial charge < -0.3 is 14.6 Å². The average Bonchev–Trinajstić information content (AvgIpc) is 2.77. The lowest BCUT2D eigenvalue weighted by atomic mass is 10.2. The van der Waals surface area contributed by atoms with Gasteiger partial charge in [0.05, 0.1) is 24.1 Å². The van der Waals surface area contributed by atoms with Gasteiger partial charge >= 0.3 is 6.09 Å². The molecule has 2 N–H and O–H groups in total. The normalized spacial score (nSPS) is 11.2. The number of ether oxygens (including phenoxy) is 1. The second-order valence-corrected chi connectivity index (χ2v) is 6.61. The summed E-state index contributed by atoms with van der Waals surface area (Å²) in [6.07, 6.45) is 0.918. The Bertz CT molecular complexity index is 740. The van der Waals surface area contributed by atoms with Crippen molar-refractivity contribution in [3.05, 3.63) is 41.2 Å². The first-order chi connectivity index (χ1) is 11.2. The third-order valence-electron chi connectivity index (χ3n) is 3.08. The number of aromatic nitrogens is 2. The van der Waals surface area contributed by atoms with E-state index >= 15 is 0 Å². The number of hydrogen-bond donors (Lipinski definition) is 2. The van der Waals surface area contributed by atoms with E-state index in [0.29, 0.717) is 28.9 Å². The Morgan fingerprint density at radius 1 is 1.38 bits per heavy atom. The summed E-state index contributed by atoms with van der Waals surface area (Å²) >= 11 is 5.94. The summed E-state index contributed by atoms with van der Waals surface area (Å²) in [5.41, 5.74) is 0.201. The molecule has 0 aliphatic heterocycles. The number of amides is 1. The van der Waals surface area contributed by atoms with Crippen molar-refractivity contribution in [2.45, 2.75) is 32.9 Å². The summed E-state index contributed by atoms with van der Waals surface area (Å²) < 4.78 is 20.4. The van der Waals surface area contributed by atoms with E-state index in [1.165, 1.54) is 24.4 Å². The number of rotatable bonds is 4. The van der Waals surface area contributed by atoms with E-state index in [9.17, 15) is 9.18 Å². The molecule has 0 aliphatic carbocycles. The minimum atomic E-state index is -0.624. The summed E-state index contributed by atoms with van der Waals surface area (Å²) in [5.74, 6) is 0.248. The predicted octanol–water partition coefficient (Wildman–Crippen LogP) is 4.17. The quantitative estimate of drug-likeness (QED) is 0.864. The average molecular weight is 355 g/mol. The maximum absolute atomic E-state index is 13.5. The zero-order valence-corrected chi connectivity index (χ0v) is 14.7. The predicted molar refractivity (Wildman–Crippen MR) is 91.8 cm³/mol. The number of nitrogens with one attached hydrogen (secondary N) is 2. The van der Waals surface area contributed by atoms with Gasteiger partial charge in [0.2, 0.25) is 0 Å². The number of carbonyl (C=O) groups is 1. The minimum absolute atomic E-state index is 0.315. The number of halogens is 2. The van der Waals surface area contributed by atoms with Gasteiger partial charge in [-0.2, -0.15) is 0 Å². The van der Waals surface area contributed by atoms with Crippen LogP contribution in [-0.4, -0.2) is 21.2 Å². The zero-order chi connectivity index (χ0) is 17.9. The molecule has 0 bridgehead atoms. The van der Waals surface area contributed by atoms with Gasteiger partial charge in [-0.05, 0) is 39.0 Å². The molecule has 8 heteroatoms. The Balaban J connectivity index is 2.12. The highest BCUT2D eigenvalue weighted by Gasteiger charge is 2.17. The van der Waals surface area contributed by atoms with Crippen molar-refractivity contribution in [3.8, 4) is 0 Å². The van der Waals surface area contributed by atoms with Crippen molar-refractivity contribution >= 4 is 29.1 Å². The van der Waals surface area contributed by atoms with Gasteiger partial charge in [0.1, 0.15) is 22.4 Å². The fourth-order valence-electron chi connectivity index (χ4n) is 1.95. The Morgan fingerprint density at radius 3 is 2.67 bits per heavy atom. The van der Waals surface area contributed by atoms with Crippen LogP contribution in [0, 0.1) is 5.82 Å². The van der Waals surface area contributed by atoms with Crippen LogP contribution in [0.2, 0.25) is 5.15 Å². The molecule has 1 amide bonds. The summed E-state index contributed by atoms with van der Waals surface area (Å²) in [7, 11) is 1.78. The molecule has 0 fully saturated rings. The molecular formula is C16H20ClFN4O2. The number of hydrogen-bond acceptors (Lipinski definition) is 4. The molecular weight excluding hydrogens is 335 g/mol. The molecule has 6 nitrogen and oxygen atoms in total. The third kappa shape index (κ3) is 4.86. The van der Waals surface area contributed by atoms with Crippen LogP contribution in [0.3, 0.4) is 0 Å². The molecule has 1 aromatic heterocycles. The molecule has 1 aromatic carbocycles. The van der Waals surface area contributed by atoms with Gasteiger partial charge in [-0.25, -0.2) is 14.2 Å². The van der Waals surface area contributed by atoms with Crippen LogP contribution >= 0.6 is 11.6 Å². The number of carbonyl (C=O) groups excluding carboxylic acids is 1. The Hall–Kier alpha value is -2.28. The van der Waals surface area contributed by atoms with Crippen LogP contribution in [0.25, 0.3) is 0 Å². The van der Waals surface area contributed by atoms with Gasteiger partial charge in [0.25, 0.3) is 0 Å². The molecule has 0 spiro atoms. The van der Waals surface area contributed by atoms with Crippen LogP contribution in [0.4, 0.5) is 20.6 Å². The molecule has 1 heterocycles. The fraction of sp³-hybridized carbons (Fsp3) is 0.375. The number of anilines is 2. The molecule has 0 saturated heterocycles. The van der Waals surface area contributed by atoms with Crippen molar-refractivity contribution in [1.82, 2.24) is 9.55 Å². The lowest BCUT2D eigenvalue weighted by Crippen LogP contribution is -2.27. The van der Waals surface area contributed by atoms with E-state index < -0.39 is 17.5 Å². The van der Waals surface area contributed by atoms with Crippen molar-refractivity contribution in [1.29, 1.82) is 0 Å².